The third-order valence-electron chi connectivity index (χ3n) is 4.56. The van der Waals surface area contributed by atoms with Gasteiger partial charge in [-0.2, -0.15) is 5.10 Å². The van der Waals surface area contributed by atoms with Gasteiger partial charge in [0.15, 0.2) is 0 Å². The first-order valence-corrected chi connectivity index (χ1v) is 8.29. The van der Waals surface area contributed by atoms with Crippen LogP contribution in [0.5, 0.6) is 0 Å². The van der Waals surface area contributed by atoms with Gasteiger partial charge in [-0.25, -0.2) is 0 Å². The minimum absolute atomic E-state index is 0.0785. The van der Waals surface area contributed by atoms with Gasteiger partial charge in [-0.15, -0.1) is 0 Å². The van der Waals surface area contributed by atoms with Crippen molar-refractivity contribution in [2.24, 2.45) is 5.92 Å². The van der Waals surface area contributed by atoms with Gasteiger partial charge in [0.2, 0.25) is 5.91 Å². The number of hydrogen-bond donors (Lipinski definition) is 2. The van der Waals surface area contributed by atoms with E-state index in [1.807, 2.05) is 24.4 Å². The number of benzene rings is 1. The molecule has 2 N–H and O–H groups in total. The highest BCUT2D eigenvalue weighted by atomic mass is 16.1. The van der Waals surface area contributed by atoms with E-state index in [1.165, 1.54) is 11.3 Å². The van der Waals surface area contributed by atoms with Gasteiger partial charge in [0, 0.05) is 43.9 Å². The number of hydrogen-bond acceptors (Lipinski definition) is 3. The molecule has 3 rings (SSSR count). The fourth-order valence-electron chi connectivity index (χ4n) is 3.12. The van der Waals surface area contributed by atoms with Crippen molar-refractivity contribution in [3.63, 3.8) is 0 Å². The average Bonchev–Trinajstić information content (AvgIpc) is 3.06. The molecule has 23 heavy (non-hydrogen) atoms. The molecule has 1 aromatic carbocycles. The number of H-pyrrole nitrogens is 1. The summed E-state index contributed by atoms with van der Waals surface area (Å²) in [5.41, 5.74) is 3.59. The lowest BCUT2D eigenvalue weighted by Crippen LogP contribution is -2.35. The van der Waals surface area contributed by atoms with E-state index in [4.69, 9.17) is 0 Å². The number of nitrogens with zero attached hydrogens (tertiary/aromatic N) is 2. The summed E-state index contributed by atoms with van der Waals surface area (Å²) in [6.07, 6.45) is 5.47. The van der Waals surface area contributed by atoms with Crippen LogP contribution in [0.2, 0.25) is 0 Å². The standard InChI is InChI=1S/C18H24N4O/c1-22(16-6-3-2-4-7-16)11-5-10-19-18(23)14-8-9-15-13-20-21-17(15)12-14/h2-4,6-7,13-14H,5,8-12H2,1H3,(H,19,23)(H,20,21)/t14-/m0/s1. The fraction of sp³-hybridized carbons (Fsp3) is 0.444. The SMILES string of the molecule is CN(CCCNC(=O)[C@H]1CCc2cn[nH]c2C1)c1ccccc1. The zero-order chi connectivity index (χ0) is 16.1. The Kier molecular flexibility index (Phi) is 4.95. The Labute approximate surface area is 137 Å². The monoisotopic (exact) mass is 312 g/mol. The second-order valence-corrected chi connectivity index (χ2v) is 6.22. The van der Waals surface area contributed by atoms with E-state index < -0.39 is 0 Å². The number of aromatic amines is 1. The van der Waals surface area contributed by atoms with Crippen LogP contribution in [0.1, 0.15) is 24.1 Å². The first kappa shape index (κ1) is 15.6. The van der Waals surface area contributed by atoms with Gasteiger partial charge in [-0.3, -0.25) is 9.89 Å². The smallest absolute Gasteiger partial charge is 0.223 e. The normalized spacial score (nSPS) is 16.7. The number of carbonyl (C=O) groups excluding carboxylic acids is 1. The van der Waals surface area contributed by atoms with Crippen molar-refractivity contribution in [3.05, 3.63) is 47.8 Å². The second-order valence-electron chi connectivity index (χ2n) is 6.22. The molecule has 0 bridgehead atoms. The first-order valence-electron chi connectivity index (χ1n) is 8.29. The maximum Gasteiger partial charge on any atom is 0.223 e. The van der Waals surface area contributed by atoms with E-state index in [1.54, 1.807) is 0 Å². The van der Waals surface area contributed by atoms with Gasteiger partial charge in [-0.1, -0.05) is 18.2 Å². The fourth-order valence-corrected chi connectivity index (χ4v) is 3.12. The van der Waals surface area contributed by atoms with Crippen LogP contribution in [0, 0.1) is 5.92 Å². The van der Waals surface area contributed by atoms with Crippen molar-refractivity contribution in [2.45, 2.75) is 25.7 Å². The highest BCUT2D eigenvalue weighted by Gasteiger charge is 2.25. The molecule has 1 aliphatic carbocycles. The summed E-state index contributed by atoms with van der Waals surface area (Å²) in [6, 6.07) is 10.3. The van der Waals surface area contributed by atoms with Crippen LogP contribution < -0.4 is 10.2 Å². The van der Waals surface area contributed by atoms with Crippen LogP contribution in [0.3, 0.4) is 0 Å². The van der Waals surface area contributed by atoms with Crippen molar-refractivity contribution in [2.75, 3.05) is 25.0 Å². The number of rotatable bonds is 6. The predicted octanol–water partition coefficient (Wildman–Crippen LogP) is 2.16. The summed E-state index contributed by atoms with van der Waals surface area (Å²) in [6.45, 7) is 1.65. The number of carbonyl (C=O) groups is 1. The number of amides is 1. The zero-order valence-electron chi connectivity index (χ0n) is 13.6. The Morgan fingerprint density at radius 3 is 3.04 bits per heavy atom. The number of aromatic nitrogens is 2. The Morgan fingerprint density at radius 1 is 1.39 bits per heavy atom. The minimum Gasteiger partial charge on any atom is -0.375 e. The molecule has 0 radical (unpaired) electrons. The quantitative estimate of drug-likeness (QED) is 0.804. The van der Waals surface area contributed by atoms with E-state index in [2.05, 4.69) is 39.6 Å². The van der Waals surface area contributed by atoms with Gasteiger partial charge >= 0.3 is 0 Å². The summed E-state index contributed by atoms with van der Waals surface area (Å²) in [7, 11) is 2.08. The molecule has 1 amide bonds. The molecule has 0 aliphatic heterocycles. The molecule has 122 valence electrons. The molecular formula is C18H24N4O. The number of nitrogens with one attached hydrogen (secondary N) is 2. The van der Waals surface area contributed by atoms with Crippen LogP contribution in [-0.2, 0) is 17.6 Å². The number of anilines is 1. The largest absolute Gasteiger partial charge is 0.375 e. The van der Waals surface area contributed by atoms with Crippen molar-refractivity contribution >= 4 is 11.6 Å². The van der Waals surface area contributed by atoms with Crippen molar-refractivity contribution in [1.82, 2.24) is 15.5 Å². The summed E-state index contributed by atoms with van der Waals surface area (Å²) in [5.74, 6) is 0.252. The van der Waals surface area contributed by atoms with Crippen molar-refractivity contribution in [1.29, 1.82) is 0 Å². The van der Waals surface area contributed by atoms with Crippen molar-refractivity contribution in [3.8, 4) is 0 Å². The van der Waals surface area contributed by atoms with Crippen molar-refractivity contribution < 1.29 is 4.79 Å². The molecule has 0 unspecified atom stereocenters. The van der Waals surface area contributed by atoms with Gasteiger partial charge in [0.05, 0.1) is 6.20 Å². The Hall–Kier alpha value is -2.30. The minimum atomic E-state index is 0.0785. The van der Waals surface area contributed by atoms with Crippen LogP contribution >= 0.6 is 0 Å². The number of para-hydroxylation sites is 1. The maximum absolute atomic E-state index is 12.3. The third kappa shape index (κ3) is 3.92. The molecule has 1 aliphatic rings. The first-order chi connectivity index (χ1) is 11.2. The van der Waals surface area contributed by atoms with E-state index in [0.29, 0.717) is 0 Å². The Morgan fingerprint density at radius 2 is 2.22 bits per heavy atom. The molecule has 1 atom stereocenters. The lowest BCUT2D eigenvalue weighted by molar-refractivity contribution is -0.125. The summed E-state index contributed by atoms with van der Waals surface area (Å²) < 4.78 is 0. The third-order valence-corrected chi connectivity index (χ3v) is 4.56. The van der Waals surface area contributed by atoms with E-state index >= 15 is 0 Å². The highest BCUT2D eigenvalue weighted by Crippen LogP contribution is 2.23. The molecule has 0 saturated carbocycles. The summed E-state index contributed by atoms with van der Waals surface area (Å²) in [4.78, 5) is 14.5. The number of aryl methyl sites for hydroxylation is 1. The maximum atomic E-state index is 12.3. The highest BCUT2D eigenvalue weighted by molar-refractivity contribution is 5.79. The average molecular weight is 312 g/mol. The lowest BCUT2D eigenvalue weighted by Gasteiger charge is -2.22. The van der Waals surface area contributed by atoms with Crippen LogP contribution in [0.15, 0.2) is 36.5 Å². The van der Waals surface area contributed by atoms with Gasteiger partial charge < -0.3 is 10.2 Å². The van der Waals surface area contributed by atoms with E-state index in [9.17, 15) is 4.79 Å². The van der Waals surface area contributed by atoms with E-state index in [-0.39, 0.29) is 11.8 Å². The van der Waals surface area contributed by atoms with Gasteiger partial charge in [0.1, 0.15) is 0 Å². The topological polar surface area (TPSA) is 61.0 Å². The molecule has 1 aromatic heterocycles. The Bertz CT molecular complexity index is 637. The van der Waals surface area contributed by atoms with Crippen LogP contribution in [0.4, 0.5) is 5.69 Å². The molecule has 5 heteroatoms. The van der Waals surface area contributed by atoms with Crippen LogP contribution in [0.25, 0.3) is 0 Å². The summed E-state index contributed by atoms with van der Waals surface area (Å²) >= 11 is 0. The molecule has 0 fully saturated rings. The second kappa shape index (κ2) is 7.31. The Balaban J connectivity index is 1.38. The molecular weight excluding hydrogens is 288 g/mol. The molecule has 0 saturated heterocycles. The predicted molar refractivity (Wildman–Crippen MR) is 91.4 cm³/mol. The van der Waals surface area contributed by atoms with Crippen LogP contribution in [-0.4, -0.2) is 36.2 Å². The molecule has 5 nitrogen and oxygen atoms in total. The number of fused-ring (bicyclic) bond motifs is 1. The summed E-state index contributed by atoms with van der Waals surface area (Å²) in [5, 5.41) is 10.1. The van der Waals surface area contributed by atoms with Gasteiger partial charge in [0.25, 0.3) is 0 Å². The van der Waals surface area contributed by atoms with E-state index in [0.717, 1.165) is 44.5 Å². The molecule has 2 aromatic rings. The van der Waals surface area contributed by atoms with Gasteiger partial charge in [-0.05, 0) is 37.0 Å². The lowest BCUT2D eigenvalue weighted by atomic mass is 9.87. The molecule has 0 spiro atoms. The zero-order valence-corrected chi connectivity index (χ0v) is 13.6. The molecule has 1 heterocycles.